The molecule has 0 saturated heterocycles. The van der Waals surface area contributed by atoms with E-state index >= 15 is 0 Å². The van der Waals surface area contributed by atoms with Gasteiger partial charge in [-0.05, 0) is 33.2 Å². The zero-order valence-corrected chi connectivity index (χ0v) is 14.6. The van der Waals surface area contributed by atoms with E-state index in [0.717, 1.165) is 6.07 Å². The van der Waals surface area contributed by atoms with Gasteiger partial charge in [-0.15, -0.1) is 0 Å². The molecule has 0 bridgehead atoms. The highest BCUT2D eigenvalue weighted by Crippen LogP contribution is 2.32. The molecule has 0 aromatic carbocycles. The maximum absolute atomic E-state index is 13.1. The van der Waals surface area contributed by atoms with Crippen molar-refractivity contribution in [2.45, 2.75) is 44.8 Å². The lowest BCUT2D eigenvalue weighted by Gasteiger charge is -2.34. The fraction of sp³-hybridized carbons (Fsp3) is 0.625. The van der Waals surface area contributed by atoms with Crippen molar-refractivity contribution in [2.24, 2.45) is 5.92 Å². The van der Waals surface area contributed by atoms with Crippen LogP contribution in [0.3, 0.4) is 0 Å². The second kappa shape index (κ2) is 8.59. The van der Waals surface area contributed by atoms with Gasteiger partial charge in [0.2, 0.25) is 0 Å². The summed E-state index contributed by atoms with van der Waals surface area (Å²) in [6.07, 6.45) is -4.33. The number of hydrogen-bond acceptors (Lipinski definition) is 5. The molecular weight excluding hydrogens is 339 g/mol. The van der Waals surface area contributed by atoms with Crippen LogP contribution in [0.2, 0.25) is 0 Å². The third kappa shape index (κ3) is 5.38. The number of aliphatic hydroxyl groups excluding tert-OH is 1. The second-order valence-corrected chi connectivity index (χ2v) is 6.12. The van der Waals surface area contributed by atoms with Crippen molar-refractivity contribution in [3.05, 3.63) is 29.6 Å². The number of aromatic nitrogens is 1. The Morgan fingerprint density at radius 1 is 1.40 bits per heavy atom. The van der Waals surface area contributed by atoms with Crippen LogP contribution in [0.4, 0.5) is 13.2 Å². The first-order chi connectivity index (χ1) is 11.5. The Morgan fingerprint density at radius 2 is 2.00 bits per heavy atom. The highest BCUT2D eigenvalue weighted by Gasteiger charge is 2.38. The van der Waals surface area contributed by atoms with Gasteiger partial charge in [0.05, 0.1) is 17.4 Å². The molecule has 142 valence electrons. The Labute approximate surface area is 144 Å². The molecule has 0 saturated carbocycles. The summed E-state index contributed by atoms with van der Waals surface area (Å²) in [7, 11) is 3.03. The molecule has 0 spiro atoms. The van der Waals surface area contributed by atoms with Crippen molar-refractivity contribution in [1.82, 2.24) is 15.2 Å². The van der Waals surface area contributed by atoms with Crippen molar-refractivity contribution >= 4 is 5.97 Å². The molecule has 0 radical (unpaired) electrons. The van der Waals surface area contributed by atoms with Crippen LogP contribution in [0.1, 0.15) is 25.1 Å². The van der Waals surface area contributed by atoms with Gasteiger partial charge in [0.15, 0.2) is 0 Å². The van der Waals surface area contributed by atoms with Gasteiger partial charge in [-0.25, -0.2) is 0 Å². The van der Waals surface area contributed by atoms with Crippen LogP contribution in [0.25, 0.3) is 0 Å². The lowest BCUT2D eigenvalue weighted by atomic mass is 9.90. The van der Waals surface area contributed by atoms with Crippen LogP contribution in [-0.2, 0) is 17.5 Å². The predicted molar refractivity (Wildman–Crippen MR) is 85.8 cm³/mol. The van der Waals surface area contributed by atoms with E-state index in [0.29, 0.717) is 0 Å². The fourth-order valence-corrected chi connectivity index (χ4v) is 2.78. The van der Waals surface area contributed by atoms with Gasteiger partial charge in [0.25, 0.3) is 0 Å². The zero-order valence-electron chi connectivity index (χ0n) is 14.6. The Kier molecular flexibility index (Phi) is 7.33. The van der Waals surface area contributed by atoms with Gasteiger partial charge in [-0.2, -0.15) is 13.2 Å². The summed E-state index contributed by atoms with van der Waals surface area (Å²) in [5.74, 6) is -1.94. The van der Waals surface area contributed by atoms with E-state index in [2.05, 4.69) is 10.3 Å². The quantitative estimate of drug-likeness (QED) is 0.650. The van der Waals surface area contributed by atoms with Gasteiger partial charge in [-0.1, -0.05) is 6.92 Å². The lowest BCUT2D eigenvalue weighted by molar-refractivity contribution is -0.147. The zero-order chi connectivity index (χ0) is 19.4. The number of nitrogens with zero attached hydrogens (tertiary/aromatic N) is 2. The third-order valence-corrected chi connectivity index (χ3v) is 4.33. The van der Waals surface area contributed by atoms with Crippen LogP contribution >= 0.6 is 0 Å². The van der Waals surface area contributed by atoms with Crippen molar-refractivity contribution in [1.29, 1.82) is 0 Å². The largest absolute Gasteiger partial charge is 0.480 e. The van der Waals surface area contributed by atoms with Crippen molar-refractivity contribution in [3.8, 4) is 0 Å². The molecule has 25 heavy (non-hydrogen) atoms. The summed E-state index contributed by atoms with van der Waals surface area (Å²) in [4.78, 5) is 16.7. The lowest BCUT2D eigenvalue weighted by Crippen LogP contribution is -2.51. The number of rotatable bonds is 8. The molecule has 1 aromatic heterocycles. The van der Waals surface area contributed by atoms with Crippen LogP contribution in [-0.4, -0.2) is 58.3 Å². The molecule has 4 atom stereocenters. The van der Waals surface area contributed by atoms with Gasteiger partial charge >= 0.3 is 12.1 Å². The van der Waals surface area contributed by atoms with Gasteiger partial charge in [0.1, 0.15) is 6.04 Å². The first-order valence-electron chi connectivity index (χ1n) is 7.80. The number of pyridine rings is 1. The second-order valence-electron chi connectivity index (χ2n) is 6.12. The number of aliphatic carboxylic acids is 1. The minimum Gasteiger partial charge on any atom is -0.480 e. The monoisotopic (exact) mass is 363 g/mol. The SMILES string of the molecule is CN[C@@H](C)[C@H](O)[C@H](C)C(C(=O)O)N(C)Cc1ncccc1C(F)(F)F. The predicted octanol–water partition coefficient (Wildman–Crippen LogP) is 1.59. The first kappa shape index (κ1) is 21.3. The third-order valence-electron chi connectivity index (χ3n) is 4.33. The van der Waals surface area contributed by atoms with Crippen LogP contribution in [0.15, 0.2) is 18.3 Å². The van der Waals surface area contributed by atoms with Crippen LogP contribution < -0.4 is 5.32 Å². The summed E-state index contributed by atoms with van der Waals surface area (Å²) in [5, 5.41) is 22.6. The molecule has 0 aliphatic rings. The summed E-state index contributed by atoms with van der Waals surface area (Å²) in [6.45, 7) is 2.94. The molecule has 3 N–H and O–H groups in total. The van der Waals surface area contributed by atoms with Crippen molar-refractivity contribution < 1.29 is 28.2 Å². The molecule has 1 rings (SSSR count). The van der Waals surface area contributed by atoms with Gasteiger partial charge in [0, 0.05) is 24.7 Å². The Bertz CT molecular complexity index is 583. The standard InChI is InChI=1S/C16H24F3N3O3/c1-9(14(23)10(2)20-3)13(15(24)25)22(4)8-12-11(16(17,18)19)6-5-7-21-12/h5-7,9-10,13-14,20,23H,8H2,1-4H3,(H,24,25)/t9-,10+,13?,14-/m1/s1. The number of carboxylic acid groups (broad SMARTS) is 1. The molecule has 1 heterocycles. The van der Waals surface area contributed by atoms with E-state index in [9.17, 15) is 28.2 Å². The summed E-state index contributed by atoms with van der Waals surface area (Å²) >= 11 is 0. The topological polar surface area (TPSA) is 85.7 Å². The van der Waals surface area contributed by atoms with Gasteiger partial charge in [-0.3, -0.25) is 14.7 Å². The molecule has 9 heteroatoms. The van der Waals surface area contributed by atoms with Gasteiger partial charge < -0.3 is 15.5 Å². The summed E-state index contributed by atoms with van der Waals surface area (Å²) in [5.41, 5.74) is -1.16. The molecule has 1 unspecified atom stereocenters. The number of likely N-dealkylation sites (N-methyl/N-ethyl adjacent to an activating group) is 2. The molecular formula is C16H24F3N3O3. The van der Waals surface area contributed by atoms with E-state index in [-0.39, 0.29) is 18.3 Å². The number of hydrogen-bond donors (Lipinski definition) is 3. The van der Waals surface area contributed by atoms with E-state index in [1.165, 1.54) is 24.2 Å². The van der Waals surface area contributed by atoms with Crippen LogP contribution in [0.5, 0.6) is 0 Å². The fourth-order valence-electron chi connectivity index (χ4n) is 2.78. The normalized spacial score (nSPS) is 17.2. The van der Waals surface area contributed by atoms with Crippen LogP contribution in [0, 0.1) is 5.92 Å². The number of carboxylic acids is 1. The maximum atomic E-state index is 13.1. The Morgan fingerprint density at radius 3 is 2.48 bits per heavy atom. The molecule has 0 amide bonds. The minimum atomic E-state index is -4.57. The van der Waals surface area contributed by atoms with E-state index in [1.54, 1.807) is 20.9 Å². The summed E-state index contributed by atoms with van der Waals surface area (Å²) in [6, 6.07) is 0.551. The highest BCUT2D eigenvalue weighted by molar-refractivity contribution is 5.74. The van der Waals surface area contributed by atoms with E-state index in [1.807, 2.05) is 0 Å². The number of aliphatic hydroxyl groups is 1. The average Bonchev–Trinajstić information content (AvgIpc) is 2.52. The smallest absolute Gasteiger partial charge is 0.418 e. The average molecular weight is 363 g/mol. The molecule has 0 fully saturated rings. The number of carbonyl (C=O) groups is 1. The maximum Gasteiger partial charge on any atom is 0.418 e. The molecule has 0 aliphatic carbocycles. The minimum absolute atomic E-state index is 0.257. The molecule has 1 aromatic rings. The first-order valence-corrected chi connectivity index (χ1v) is 7.80. The number of nitrogens with one attached hydrogen (secondary N) is 1. The number of halogens is 3. The van der Waals surface area contributed by atoms with E-state index < -0.39 is 35.8 Å². The van der Waals surface area contributed by atoms with Crippen molar-refractivity contribution in [3.63, 3.8) is 0 Å². The molecule has 6 nitrogen and oxygen atoms in total. The highest BCUT2D eigenvalue weighted by atomic mass is 19.4. The van der Waals surface area contributed by atoms with Crippen molar-refractivity contribution in [2.75, 3.05) is 14.1 Å². The Hall–Kier alpha value is -1.71. The Balaban J connectivity index is 3.07. The van der Waals surface area contributed by atoms with E-state index in [4.69, 9.17) is 0 Å². The summed E-state index contributed by atoms with van der Waals surface area (Å²) < 4.78 is 39.2. The number of alkyl halides is 3. The molecule has 0 aliphatic heterocycles.